The molecule has 0 atom stereocenters. The standard InChI is InChI=1S/C10H20N3/c1-2-7-13-8-5-11-3-4-12(6-9-13)10(11)13/h10H,2-9H2,1H3/q+1. The monoisotopic (exact) mass is 182 g/mol. The molecule has 0 aliphatic carbocycles. The highest BCUT2D eigenvalue weighted by Gasteiger charge is 2.56. The Labute approximate surface area is 80.5 Å². The Balaban J connectivity index is 1.88. The van der Waals surface area contributed by atoms with Crippen molar-refractivity contribution >= 4 is 0 Å². The van der Waals surface area contributed by atoms with Crippen molar-refractivity contribution in [3.05, 3.63) is 0 Å². The highest BCUT2D eigenvalue weighted by atomic mass is 15.7. The predicted molar refractivity (Wildman–Crippen MR) is 52.1 cm³/mol. The molecule has 0 bridgehead atoms. The molecule has 3 aliphatic rings. The van der Waals surface area contributed by atoms with Gasteiger partial charge in [0.2, 0.25) is 6.29 Å². The molecule has 3 heteroatoms. The summed E-state index contributed by atoms with van der Waals surface area (Å²) >= 11 is 0. The fraction of sp³-hybridized carbons (Fsp3) is 1.00. The summed E-state index contributed by atoms with van der Waals surface area (Å²) in [5.74, 6) is 0. The molecule has 3 aliphatic heterocycles. The zero-order valence-electron chi connectivity index (χ0n) is 8.58. The first-order valence-electron chi connectivity index (χ1n) is 5.70. The van der Waals surface area contributed by atoms with Crippen LogP contribution in [0.1, 0.15) is 13.3 Å². The number of hydrogen-bond acceptors (Lipinski definition) is 2. The lowest BCUT2D eigenvalue weighted by atomic mass is 10.3. The van der Waals surface area contributed by atoms with Crippen molar-refractivity contribution in [1.29, 1.82) is 0 Å². The zero-order valence-corrected chi connectivity index (χ0v) is 8.58. The molecule has 13 heavy (non-hydrogen) atoms. The van der Waals surface area contributed by atoms with Gasteiger partial charge in [-0.2, -0.15) is 0 Å². The van der Waals surface area contributed by atoms with Crippen LogP contribution in [-0.2, 0) is 0 Å². The molecule has 3 heterocycles. The third-order valence-corrected chi connectivity index (χ3v) is 4.15. The Morgan fingerprint density at radius 2 is 1.69 bits per heavy atom. The van der Waals surface area contributed by atoms with Gasteiger partial charge >= 0.3 is 0 Å². The average Bonchev–Trinajstić information content (AvgIpc) is 2.70. The van der Waals surface area contributed by atoms with E-state index in [0.717, 1.165) is 6.29 Å². The predicted octanol–water partition coefficient (Wildman–Crippen LogP) is 0.142. The van der Waals surface area contributed by atoms with Gasteiger partial charge in [0.15, 0.2) is 0 Å². The minimum absolute atomic E-state index is 0.792. The van der Waals surface area contributed by atoms with E-state index >= 15 is 0 Å². The Bertz CT molecular complexity index is 195. The van der Waals surface area contributed by atoms with Crippen molar-refractivity contribution in [2.75, 3.05) is 45.8 Å². The fourth-order valence-electron chi connectivity index (χ4n) is 3.65. The molecule has 0 radical (unpaired) electrons. The van der Waals surface area contributed by atoms with Crippen molar-refractivity contribution in [3.63, 3.8) is 0 Å². The van der Waals surface area contributed by atoms with E-state index in [0.29, 0.717) is 0 Å². The maximum absolute atomic E-state index is 2.70. The summed E-state index contributed by atoms with van der Waals surface area (Å²) in [7, 11) is 0. The molecule has 0 unspecified atom stereocenters. The summed E-state index contributed by atoms with van der Waals surface area (Å²) in [4.78, 5) is 5.39. The third-order valence-electron chi connectivity index (χ3n) is 4.15. The molecule has 3 fully saturated rings. The molecule has 0 saturated carbocycles. The Kier molecular flexibility index (Phi) is 1.70. The third kappa shape index (κ3) is 0.953. The van der Waals surface area contributed by atoms with E-state index in [-0.39, 0.29) is 0 Å². The van der Waals surface area contributed by atoms with Gasteiger partial charge in [-0.1, -0.05) is 6.92 Å². The van der Waals surface area contributed by atoms with Crippen LogP contribution < -0.4 is 0 Å². The summed E-state index contributed by atoms with van der Waals surface area (Å²) in [6, 6.07) is 0. The summed E-state index contributed by atoms with van der Waals surface area (Å²) in [5, 5.41) is 0. The lowest BCUT2D eigenvalue weighted by molar-refractivity contribution is -0.936. The SMILES string of the molecule is CCC[N+]12CCN3CCN(CC1)C32. The molecule has 0 amide bonds. The first kappa shape index (κ1) is 8.21. The molecule has 3 saturated heterocycles. The normalized spacial score (nSPS) is 44.5. The molecule has 0 aromatic heterocycles. The molecule has 0 N–H and O–H groups in total. The Morgan fingerprint density at radius 1 is 1.08 bits per heavy atom. The summed E-state index contributed by atoms with van der Waals surface area (Å²) < 4.78 is 1.40. The first-order valence-corrected chi connectivity index (χ1v) is 5.70. The highest BCUT2D eigenvalue weighted by molar-refractivity contribution is 4.85. The molecule has 3 rings (SSSR count). The van der Waals surface area contributed by atoms with Crippen molar-refractivity contribution in [1.82, 2.24) is 9.80 Å². The van der Waals surface area contributed by atoms with Crippen LogP contribution in [0, 0.1) is 0 Å². The smallest absolute Gasteiger partial charge is 0.205 e. The topological polar surface area (TPSA) is 6.48 Å². The second-order valence-electron chi connectivity index (χ2n) is 4.81. The molecule has 0 spiro atoms. The van der Waals surface area contributed by atoms with Crippen LogP contribution in [0.25, 0.3) is 0 Å². The number of quaternary nitrogens is 1. The molecule has 0 aromatic rings. The second-order valence-corrected chi connectivity index (χ2v) is 4.81. The number of nitrogens with zero attached hydrogens (tertiary/aromatic N) is 3. The molecule has 3 nitrogen and oxygen atoms in total. The van der Waals surface area contributed by atoms with Crippen LogP contribution >= 0.6 is 0 Å². The number of hydrogen-bond donors (Lipinski definition) is 0. The molecule has 0 aromatic carbocycles. The highest BCUT2D eigenvalue weighted by Crippen LogP contribution is 2.35. The van der Waals surface area contributed by atoms with Crippen LogP contribution in [0.4, 0.5) is 0 Å². The van der Waals surface area contributed by atoms with Gasteiger partial charge in [-0.3, -0.25) is 4.48 Å². The van der Waals surface area contributed by atoms with Gasteiger partial charge in [0.1, 0.15) is 0 Å². The molecular formula is C10H20N3+. The Morgan fingerprint density at radius 3 is 2.23 bits per heavy atom. The quantitative estimate of drug-likeness (QED) is 0.561. The first-order chi connectivity index (χ1) is 6.36. The summed E-state index contributed by atoms with van der Waals surface area (Å²) in [6.07, 6.45) is 2.14. The van der Waals surface area contributed by atoms with Crippen LogP contribution in [0.2, 0.25) is 0 Å². The lowest BCUT2D eigenvalue weighted by Crippen LogP contribution is -2.52. The van der Waals surface area contributed by atoms with Crippen molar-refractivity contribution < 1.29 is 4.48 Å². The van der Waals surface area contributed by atoms with Crippen LogP contribution in [0.5, 0.6) is 0 Å². The van der Waals surface area contributed by atoms with E-state index < -0.39 is 0 Å². The van der Waals surface area contributed by atoms with E-state index in [1.165, 1.54) is 56.7 Å². The second kappa shape index (κ2) is 2.69. The Hall–Kier alpha value is -0.120. The van der Waals surface area contributed by atoms with Crippen molar-refractivity contribution in [2.45, 2.75) is 19.6 Å². The summed E-state index contributed by atoms with van der Waals surface area (Å²) in [6.45, 7) is 11.9. The maximum atomic E-state index is 2.70. The van der Waals surface area contributed by atoms with Crippen molar-refractivity contribution in [2.24, 2.45) is 0 Å². The van der Waals surface area contributed by atoms with Gasteiger partial charge in [-0.05, 0) is 6.42 Å². The van der Waals surface area contributed by atoms with E-state index in [9.17, 15) is 0 Å². The van der Waals surface area contributed by atoms with Gasteiger partial charge in [0.05, 0.1) is 32.7 Å². The lowest BCUT2D eigenvalue weighted by Gasteiger charge is -2.34. The van der Waals surface area contributed by atoms with Gasteiger partial charge in [-0.15, -0.1) is 0 Å². The van der Waals surface area contributed by atoms with Crippen LogP contribution in [-0.4, -0.2) is 66.4 Å². The van der Waals surface area contributed by atoms with E-state index in [1.807, 2.05) is 0 Å². The van der Waals surface area contributed by atoms with E-state index in [2.05, 4.69) is 16.7 Å². The molecule has 74 valence electrons. The minimum atomic E-state index is 0.792. The van der Waals surface area contributed by atoms with Gasteiger partial charge in [0.25, 0.3) is 0 Å². The summed E-state index contributed by atoms with van der Waals surface area (Å²) in [5.41, 5.74) is 0. The van der Waals surface area contributed by atoms with Gasteiger partial charge in [0, 0.05) is 13.1 Å². The zero-order chi connectivity index (χ0) is 8.89. The van der Waals surface area contributed by atoms with E-state index in [4.69, 9.17) is 0 Å². The van der Waals surface area contributed by atoms with Gasteiger partial charge in [-0.25, -0.2) is 9.80 Å². The van der Waals surface area contributed by atoms with Crippen LogP contribution in [0.3, 0.4) is 0 Å². The van der Waals surface area contributed by atoms with Crippen molar-refractivity contribution in [3.8, 4) is 0 Å². The average molecular weight is 182 g/mol. The largest absolute Gasteiger partial charge is 0.293 e. The number of rotatable bonds is 2. The minimum Gasteiger partial charge on any atom is -0.293 e. The van der Waals surface area contributed by atoms with E-state index in [1.54, 1.807) is 0 Å². The fourth-order valence-corrected chi connectivity index (χ4v) is 3.65. The molecular weight excluding hydrogens is 162 g/mol. The van der Waals surface area contributed by atoms with Crippen LogP contribution in [0.15, 0.2) is 0 Å². The maximum Gasteiger partial charge on any atom is 0.205 e. The van der Waals surface area contributed by atoms with Gasteiger partial charge < -0.3 is 0 Å².